The van der Waals surface area contributed by atoms with Crippen molar-refractivity contribution in [2.75, 3.05) is 13.7 Å². The number of nitrogens with one attached hydrogen (secondary N) is 1. The van der Waals surface area contributed by atoms with Crippen LogP contribution < -0.4 is 9.46 Å². The van der Waals surface area contributed by atoms with E-state index in [1.54, 1.807) is 38.1 Å². The normalized spacial score (nSPS) is 13.1. The van der Waals surface area contributed by atoms with Crippen LogP contribution in [0.25, 0.3) is 0 Å². The molecule has 2 N–H and O–H groups in total. The lowest BCUT2D eigenvalue weighted by Gasteiger charge is -2.12. The van der Waals surface area contributed by atoms with E-state index in [9.17, 15) is 13.5 Å². The second-order valence-electron chi connectivity index (χ2n) is 4.95. The van der Waals surface area contributed by atoms with Crippen molar-refractivity contribution in [1.29, 1.82) is 0 Å². The maximum Gasteiger partial charge on any atom is 0.240 e. The third-order valence-corrected chi connectivity index (χ3v) is 4.81. The molecule has 0 spiro atoms. The first-order valence-corrected chi connectivity index (χ1v) is 8.20. The molecule has 2 rings (SSSR count). The van der Waals surface area contributed by atoms with Crippen LogP contribution in [0, 0.1) is 13.8 Å². The topological polar surface area (TPSA) is 88.8 Å². The maximum atomic E-state index is 12.3. The molecule has 0 fully saturated rings. The molecule has 1 heterocycles. The highest BCUT2D eigenvalue weighted by Crippen LogP contribution is 2.21. The fourth-order valence-corrected chi connectivity index (χ4v) is 3.31. The highest BCUT2D eigenvalue weighted by atomic mass is 32.2. The molecule has 0 bridgehead atoms. The third-order valence-electron chi connectivity index (χ3n) is 3.23. The molecule has 0 saturated heterocycles. The lowest BCUT2D eigenvalue weighted by atomic mass is 10.2. The molecule has 0 amide bonds. The highest BCUT2D eigenvalue weighted by Gasteiger charge is 2.20. The SMILES string of the molecule is COc1ccc(S(=O)(=O)NC[C@@H](O)c2ccc(C)o2)c(C)c1. The molecule has 7 heteroatoms. The Morgan fingerprint density at radius 1 is 1.27 bits per heavy atom. The van der Waals surface area contributed by atoms with E-state index in [0.29, 0.717) is 22.8 Å². The van der Waals surface area contributed by atoms with Gasteiger partial charge in [-0.2, -0.15) is 0 Å². The van der Waals surface area contributed by atoms with Crippen molar-refractivity contribution in [3.63, 3.8) is 0 Å². The van der Waals surface area contributed by atoms with Crippen LogP contribution in [0.5, 0.6) is 5.75 Å². The summed E-state index contributed by atoms with van der Waals surface area (Å²) in [7, 11) is -2.20. The minimum Gasteiger partial charge on any atom is -0.497 e. The Morgan fingerprint density at radius 2 is 2.00 bits per heavy atom. The number of aliphatic hydroxyl groups is 1. The lowest BCUT2D eigenvalue weighted by Crippen LogP contribution is -2.29. The van der Waals surface area contributed by atoms with Gasteiger partial charge in [-0.25, -0.2) is 13.1 Å². The Labute approximate surface area is 129 Å². The van der Waals surface area contributed by atoms with Crippen molar-refractivity contribution in [2.45, 2.75) is 24.8 Å². The van der Waals surface area contributed by atoms with Crippen molar-refractivity contribution in [3.8, 4) is 5.75 Å². The van der Waals surface area contributed by atoms with Crippen LogP contribution in [-0.2, 0) is 10.0 Å². The third kappa shape index (κ3) is 3.68. The van der Waals surface area contributed by atoms with Gasteiger partial charge in [-0.15, -0.1) is 0 Å². The molecule has 2 aromatic rings. The molecule has 0 aliphatic carbocycles. The van der Waals surface area contributed by atoms with E-state index in [-0.39, 0.29) is 11.4 Å². The molecule has 0 aliphatic rings. The number of rotatable bonds is 6. The minimum atomic E-state index is -3.72. The average Bonchev–Trinajstić information content (AvgIpc) is 2.91. The van der Waals surface area contributed by atoms with E-state index in [1.807, 2.05) is 0 Å². The summed E-state index contributed by atoms with van der Waals surface area (Å²) in [5.74, 6) is 1.57. The monoisotopic (exact) mass is 325 g/mol. The van der Waals surface area contributed by atoms with Gasteiger partial charge in [0.2, 0.25) is 10.0 Å². The van der Waals surface area contributed by atoms with Gasteiger partial charge in [-0.1, -0.05) is 0 Å². The molecule has 1 aromatic heterocycles. The Kier molecular flexibility index (Phi) is 4.90. The summed E-state index contributed by atoms with van der Waals surface area (Å²) in [5.41, 5.74) is 0.565. The summed E-state index contributed by atoms with van der Waals surface area (Å²) in [6.07, 6.45) is -1.04. The molecular formula is C15H19NO5S. The number of benzene rings is 1. The van der Waals surface area contributed by atoms with E-state index >= 15 is 0 Å². The molecule has 0 saturated carbocycles. The predicted octanol–water partition coefficient (Wildman–Crippen LogP) is 1.92. The smallest absolute Gasteiger partial charge is 0.240 e. The van der Waals surface area contributed by atoms with Gasteiger partial charge >= 0.3 is 0 Å². The summed E-state index contributed by atoms with van der Waals surface area (Å²) >= 11 is 0. The number of hydrogen-bond donors (Lipinski definition) is 2. The van der Waals surface area contributed by atoms with Crippen LogP contribution >= 0.6 is 0 Å². The molecule has 6 nitrogen and oxygen atoms in total. The van der Waals surface area contributed by atoms with Gasteiger partial charge in [0.05, 0.1) is 12.0 Å². The van der Waals surface area contributed by atoms with Crippen LogP contribution in [0.2, 0.25) is 0 Å². The van der Waals surface area contributed by atoms with E-state index < -0.39 is 16.1 Å². The first-order valence-electron chi connectivity index (χ1n) is 6.72. The van der Waals surface area contributed by atoms with Crippen molar-refractivity contribution >= 4 is 10.0 Å². The zero-order chi connectivity index (χ0) is 16.3. The second kappa shape index (κ2) is 6.51. The highest BCUT2D eigenvalue weighted by molar-refractivity contribution is 7.89. The zero-order valence-electron chi connectivity index (χ0n) is 12.7. The van der Waals surface area contributed by atoms with Gasteiger partial charge in [0, 0.05) is 6.54 Å². The van der Waals surface area contributed by atoms with Gasteiger partial charge in [0.15, 0.2) is 0 Å². The fourth-order valence-electron chi connectivity index (χ4n) is 2.05. The number of sulfonamides is 1. The summed E-state index contributed by atoms with van der Waals surface area (Å²) in [6.45, 7) is 3.27. The molecule has 22 heavy (non-hydrogen) atoms. The van der Waals surface area contributed by atoms with E-state index in [1.165, 1.54) is 13.2 Å². The van der Waals surface area contributed by atoms with E-state index in [0.717, 1.165) is 0 Å². The predicted molar refractivity (Wildman–Crippen MR) is 81.3 cm³/mol. The lowest BCUT2D eigenvalue weighted by molar-refractivity contribution is 0.152. The Bertz CT molecular complexity index is 751. The van der Waals surface area contributed by atoms with Crippen LogP contribution in [0.1, 0.15) is 23.2 Å². The van der Waals surface area contributed by atoms with Gasteiger partial charge in [0.25, 0.3) is 0 Å². The molecule has 1 atom stereocenters. The quantitative estimate of drug-likeness (QED) is 0.847. The van der Waals surface area contributed by atoms with Crippen LogP contribution in [-0.4, -0.2) is 27.2 Å². The van der Waals surface area contributed by atoms with Crippen molar-refractivity contribution in [3.05, 3.63) is 47.4 Å². The molecule has 1 aromatic carbocycles. The van der Waals surface area contributed by atoms with Crippen LogP contribution in [0.3, 0.4) is 0 Å². The number of ether oxygens (including phenoxy) is 1. The summed E-state index contributed by atoms with van der Waals surface area (Å²) in [4.78, 5) is 0.149. The Morgan fingerprint density at radius 3 is 2.55 bits per heavy atom. The Balaban J connectivity index is 2.11. The molecule has 0 radical (unpaired) electrons. The first-order chi connectivity index (χ1) is 10.3. The Hall–Kier alpha value is -1.83. The number of aliphatic hydroxyl groups excluding tert-OH is 1. The molecule has 0 unspecified atom stereocenters. The number of hydrogen-bond acceptors (Lipinski definition) is 5. The number of aryl methyl sites for hydroxylation is 2. The summed E-state index contributed by atoms with van der Waals surface area (Å²) < 4.78 is 37.3. The van der Waals surface area contributed by atoms with E-state index in [2.05, 4.69) is 4.72 Å². The number of methoxy groups -OCH3 is 1. The van der Waals surface area contributed by atoms with Gasteiger partial charge in [-0.3, -0.25) is 0 Å². The summed E-state index contributed by atoms with van der Waals surface area (Å²) in [5, 5.41) is 9.95. The minimum absolute atomic E-state index is 0.149. The second-order valence-corrected chi connectivity index (χ2v) is 6.68. The molecule has 120 valence electrons. The molecule has 0 aliphatic heterocycles. The van der Waals surface area contributed by atoms with Gasteiger partial charge < -0.3 is 14.3 Å². The zero-order valence-corrected chi connectivity index (χ0v) is 13.5. The van der Waals surface area contributed by atoms with Crippen molar-refractivity contribution < 1.29 is 22.7 Å². The fraction of sp³-hybridized carbons (Fsp3) is 0.333. The van der Waals surface area contributed by atoms with Gasteiger partial charge in [-0.05, 0) is 49.7 Å². The standard InChI is InChI=1S/C15H19NO5S/c1-10-8-12(20-3)5-7-15(10)22(18,19)16-9-13(17)14-6-4-11(2)21-14/h4-8,13,16-17H,9H2,1-3H3/t13-/m1/s1. The van der Waals surface area contributed by atoms with E-state index in [4.69, 9.17) is 9.15 Å². The molecular weight excluding hydrogens is 306 g/mol. The van der Waals surface area contributed by atoms with Crippen molar-refractivity contribution in [2.24, 2.45) is 0 Å². The van der Waals surface area contributed by atoms with Crippen molar-refractivity contribution in [1.82, 2.24) is 4.72 Å². The van der Waals surface area contributed by atoms with Gasteiger partial charge in [0.1, 0.15) is 23.4 Å². The first kappa shape index (κ1) is 16.5. The van der Waals surface area contributed by atoms with Crippen LogP contribution in [0.15, 0.2) is 39.6 Å². The maximum absolute atomic E-state index is 12.3. The van der Waals surface area contributed by atoms with Crippen LogP contribution in [0.4, 0.5) is 0 Å². The number of furan rings is 1. The average molecular weight is 325 g/mol. The largest absolute Gasteiger partial charge is 0.497 e. The summed E-state index contributed by atoms with van der Waals surface area (Å²) in [6, 6.07) is 8.02.